The van der Waals surface area contributed by atoms with Gasteiger partial charge in [-0.1, -0.05) is 30.9 Å². The molecule has 6 heteroatoms. The quantitative estimate of drug-likeness (QED) is 0.722. The fourth-order valence-corrected chi connectivity index (χ4v) is 3.60. The van der Waals surface area contributed by atoms with E-state index in [4.69, 9.17) is 16.3 Å². The predicted molar refractivity (Wildman–Crippen MR) is 105 cm³/mol. The highest BCUT2D eigenvalue weighted by Crippen LogP contribution is 2.29. The van der Waals surface area contributed by atoms with Crippen LogP contribution in [0, 0.1) is 5.92 Å². The van der Waals surface area contributed by atoms with Crippen LogP contribution in [0.1, 0.15) is 52.4 Å². The normalized spacial score (nSPS) is 14.7. The molecule has 1 aliphatic carbocycles. The van der Waals surface area contributed by atoms with Crippen molar-refractivity contribution in [3.05, 3.63) is 23.2 Å². The van der Waals surface area contributed by atoms with Gasteiger partial charge in [-0.3, -0.25) is 9.59 Å². The van der Waals surface area contributed by atoms with Gasteiger partial charge in [0, 0.05) is 25.2 Å². The largest absolute Gasteiger partial charge is 0.482 e. The molecule has 1 saturated carbocycles. The second-order valence-corrected chi connectivity index (χ2v) is 7.16. The van der Waals surface area contributed by atoms with Crippen molar-refractivity contribution >= 4 is 29.1 Å². The molecular weight excluding hydrogens is 352 g/mol. The van der Waals surface area contributed by atoms with Crippen molar-refractivity contribution in [3.8, 4) is 5.75 Å². The summed E-state index contributed by atoms with van der Waals surface area (Å²) in [7, 11) is 0. The molecule has 0 atom stereocenters. The summed E-state index contributed by atoms with van der Waals surface area (Å²) in [5, 5.41) is 3.29. The molecule has 0 bridgehead atoms. The Bertz CT molecular complexity index is 611. The van der Waals surface area contributed by atoms with E-state index in [9.17, 15) is 9.59 Å². The lowest BCUT2D eigenvalue weighted by Gasteiger charge is -2.21. The van der Waals surface area contributed by atoms with E-state index in [2.05, 4.69) is 5.32 Å². The first-order valence-corrected chi connectivity index (χ1v) is 9.91. The highest BCUT2D eigenvalue weighted by molar-refractivity contribution is 6.32. The maximum absolute atomic E-state index is 12.2. The van der Waals surface area contributed by atoms with Crippen LogP contribution in [0.4, 0.5) is 5.69 Å². The van der Waals surface area contributed by atoms with Crippen LogP contribution in [0.25, 0.3) is 0 Å². The Morgan fingerprint density at radius 1 is 1.19 bits per heavy atom. The zero-order valence-corrected chi connectivity index (χ0v) is 16.5. The van der Waals surface area contributed by atoms with Gasteiger partial charge in [0.05, 0.1) is 5.02 Å². The molecule has 2 amide bonds. The monoisotopic (exact) mass is 380 g/mol. The van der Waals surface area contributed by atoms with E-state index in [0.29, 0.717) is 41.9 Å². The van der Waals surface area contributed by atoms with E-state index in [1.165, 1.54) is 19.3 Å². The van der Waals surface area contributed by atoms with E-state index < -0.39 is 0 Å². The van der Waals surface area contributed by atoms with Crippen LogP contribution in [0.2, 0.25) is 5.02 Å². The number of carbonyl (C=O) groups excluding carboxylic acids is 2. The summed E-state index contributed by atoms with van der Waals surface area (Å²) in [6.07, 6.45) is 6.58. The van der Waals surface area contributed by atoms with Gasteiger partial charge in [0.15, 0.2) is 6.61 Å². The lowest BCUT2D eigenvalue weighted by Crippen LogP contribution is -2.34. The second kappa shape index (κ2) is 10.4. The number of halogens is 1. The molecule has 0 aromatic heterocycles. The highest BCUT2D eigenvalue weighted by Gasteiger charge is 2.17. The van der Waals surface area contributed by atoms with E-state index in [1.807, 2.05) is 13.8 Å². The molecule has 0 radical (unpaired) electrons. The van der Waals surface area contributed by atoms with Crippen LogP contribution in [0.3, 0.4) is 0 Å². The number of benzene rings is 1. The number of rotatable bonds is 8. The summed E-state index contributed by atoms with van der Waals surface area (Å²) in [5.41, 5.74) is 0.651. The Morgan fingerprint density at radius 3 is 2.50 bits per heavy atom. The summed E-state index contributed by atoms with van der Waals surface area (Å²) in [5.74, 6) is 0.889. The van der Waals surface area contributed by atoms with Gasteiger partial charge in [-0.2, -0.15) is 0 Å². The molecule has 26 heavy (non-hydrogen) atoms. The Balaban J connectivity index is 1.85. The average molecular weight is 381 g/mol. The number of amides is 2. The number of hydrogen-bond acceptors (Lipinski definition) is 3. The van der Waals surface area contributed by atoms with E-state index >= 15 is 0 Å². The first-order valence-electron chi connectivity index (χ1n) is 9.53. The van der Waals surface area contributed by atoms with E-state index in [0.717, 1.165) is 12.8 Å². The molecule has 1 aliphatic rings. The number of likely N-dealkylation sites (N-methyl/N-ethyl adjacent to an activating group) is 1. The van der Waals surface area contributed by atoms with Crippen molar-refractivity contribution in [1.29, 1.82) is 0 Å². The molecule has 1 aromatic rings. The van der Waals surface area contributed by atoms with Crippen LogP contribution in [-0.4, -0.2) is 36.4 Å². The maximum atomic E-state index is 12.2. The molecule has 144 valence electrons. The SMILES string of the molecule is CCN(CC)C(=O)COc1ccc(NC(=O)CC2CCCCC2)cc1Cl. The minimum absolute atomic E-state index is 0.0262. The number of hydrogen-bond donors (Lipinski definition) is 1. The highest BCUT2D eigenvalue weighted by atomic mass is 35.5. The van der Waals surface area contributed by atoms with Gasteiger partial charge < -0.3 is 15.0 Å². The van der Waals surface area contributed by atoms with E-state index in [1.54, 1.807) is 23.1 Å². The minimum atomic E-state index is -0.0732. The number of nitrogens with one attached hydrogen (secondary N) is 1. The Labute approximate surface area is 161 Å². The molecule has 0 saturated heterocycles. The van der Waals surface area contributed by atoms with Crippen molar-refractivity contribution in [2.75, 3.05) is 25.0 Å². The van der Waals surface area contributed by atoms with Crippen molar-refractivity contribution in [1.82, 2.24) is 4.90 Å². The van der Waals surface area contributed by atoms with Gasteiger partial charge in [0.25, 0.3) is 5.91 Å². The second-order valence-electron chi connectivity index (χ2n) is 6.76. The molecule has 1 fully saturated rings. The zero-order chi connectivity index (χ0) is 18.9. The van der Waals surface area contributed by atoms with Crippen molar-refractivity contribution in [2.45, 2.75) is 52.4 Å². The fraction of sp³-hybridized carbons (Fsp3) is 0.600. The summed E-state index contributed by atoms with van der Waals surface area (Å²) in [4.78, 5) is 25.9. The van der Waals surface area contributed by atoms with Crippen LogP contribution < -0.4 is 10.1 Å². The van der Waals surface area contributed by atoms with Crippen LogP contribution in [0.15, 0.2) is 18.2 Å². The summed E-state index contributed by atoms with van der Waals surface area (Å²) >= 11 is 6.23. The molecule has 0 heterocycles. The topological polar surface area (TPSA) is 58.6 Å². The third kappa shape index (κ3) is 6.20. The summed E-state index contributed by atoms with van der Waals surface area (Å²) in [6, 6.07) is 5.10. The Kier molecular flexibility index (Phi) is 8.23. The summed E-state index contributed by atoms with van der Waals surface area (Å²) < 4.78 is 5.53. The van der Waals surface area contributed by atoms with Gasteiger partial charge in [-0.25, -0.2) is 0 Å². The Hall–Kier alpha value is -1.75. The summed E-state index contributed by atoms with van der Waals surface area (Å²) in [6.45, 7) is 5.11. The Morgan fingerprint density at radius 2 is 1.88 bits per heavy atom. The molecule has 0 spiro atoms. The van der Waals surface area contributed by atoms with Crippen LogP contribution in [-0.2, 0) is 9.59 Å². The number of anilines is 1. The first-order chi connectivity index (χ1) is 12.5. The third-order valence-corrected chi connectivity index (χ3v) is 5.18. The van der Waals surface area contributed by atoms with Crippen LogP contribution in [0.5, 0.6) is 5.75 Å². The van der Waals surface area contributed by atoms with Crippen LogP contribution >= 0.6 is 11.6 Å². The van der Waals surface area contributed by atoms with E-state index in [-0.39, 0.29) is 18.4 Å². The van der Waals surface area contributed by atoms with Gasteiger partial charge in [-0.05, 0) is 50.8 Å². The molecule has 0 aliphatic heterocycles. The molecular formula is C20H29ClN2O3. The first kappa shape index (κ1) is 20.6. The van der Waals surface area contributed by atoms with Crippen molar-refractivity contribution in [3.63, 3.8) is 0 Å². The van der Waals surface area contributed by atoms with Gasteiger partial charge in [0.1, 0.15) is 5.75 Å². The third-order valence-electron chi connectivity index (χ3n) is 4.88. The number of carbonyl (C=O) groups is 2. The predicted octanol–water partition coefficient (Wildman–Crippen LogP) is 4.50. The molecule has 1 N–H and O–H groups in total. The number of nitrogens with zero attached hydrogens (tertiary/aromatic N) is 1. The molecule has 1 aromatic carbocycles. The minimum Gasteiger partial charge on any atom is -0.482 e. The smallest absolute Gasteiger partial charge is 0.260 e. The van der Waals surface area contributed by atoms with Crippen molar-refractivity contribution < 1.29 is 14.3 Å². The van der Waals surface area contributed by atoms with Gasteiger partial charge >= 0.3 is 0 Å². The lowest BCUT2D eigenvalue weighted by molar-refractivity contribution is -0.133. The van der Waals surface area contributed by atoms with Crippen molar-refractivity contribution in [2.24, 2.45) is 5.92 Å². The fourth-order valence-electron chi connectivity index (χ4n) is 3.37. The molecule has 5 nitrogen and oxygen atoms in total. The average Bonchev–Trinajstić information content (AvgIpc) is 2.63. The number of ether oxygens (including phenoxy) is 1. The zero-order valence-electron chi connectivity index (χ0n) is 15.7. The molecule has 2 rings (SSSR count). The molecule has 0 unspecified atom stereocenters. The van der Waals surface area contributed by atoms with Gasteiger partial charge in [0.2, 0.25) is 5.91 Å². The van der Waals surface area contributed by atoms with Gasteiger partial charge in [-0.15, -0.1) is 0 Å². The standard InChI is InChI=1S/C20H29ClN2O3/c1-3-23(4-2)20(25)14-26-18-11-10-16(13-17(18)21)22-19(24)12-15-8-6-5-7-9-15/h10-11,13,15H,3-9,12,14H2,1-2H3,(H,22,24). The maximum Gasteiger partial charge on any atom is 0.260 e. The lowest BCUT2D eigenvalue weighted by atomic mass is 9.87.